The molecule has 0 radical (unpaired) electrons. The van der Waals surface area contributed by atoms with Crippen molar-refractivity contribution in [1.29, 1.82) is 0 Å². The number of carbonyl (C=O) groups is 1. The van der Waals surface area contributed by atoms with E-state index in [0.717, 1.165) is 24.1 Å². The first-order chi connectivity index (χ1) is 8.61. The van der Waals surface area contributed by atoms with Gasteiger partial charge in [0.25, 0.3) is 0 Å². The zero-order valence-electron chi connectivity index (χ0n) is 10.5. The van der Waals surface area contributed by atoms with Crippen molar-refractivity contribution in [3.63, 3.8) is 0 Å². The maximum Gasteiger partial charge on any atom is 0.161 e. The fourth-order valence-electron chi connectivity index (χ4n) is 1.84. The lowest BCUT2D eigenvalue weighted by Crippen LogP contribution is -1.95. The van der Waals surface area contributed by atoms with Gasteiger partial charge >= 0.3 is 0 Å². The Labute approximate surface area is 111 Å². The number of aromatic nitrogens is 2. The molecule has 2 aromatic rings. The number of Topliss-reactive ketones (excluding diaryl/α,β-unsaturated/α-hetero) is 1. The first-order valence-electron chi connectivity index (χ1n) is 5.95. The van der Waals surface area contributed by atoms with Gasteiger partial charge in [0.15, 0.2) is 5.78 Å². The van der Waals surface area contributed by atoms with Gasteiger partial charge in [0.1, 0.15) is 0 Å². The van der Waals surface area contributed by atoms with Gasteiger partial charge in [-0.1, -0.05) is 24.6 Å². The molecular weight excluding hydrogens is 248 g/mol. The van der Waals surface area contributed by atoms with Crippen LogP contribution in [0.3, 0.4) is 0 Å². The molecular formula is C14H15ClN2O. The minimum atomic E-state index is -0.0202. The number of hydrogen-bond donors (Lipinski definition) is 0. The van der Waals surface area contributed by atoms with Crippen LogP contribution in [-0.2, 0) is 6.54 Å². The van der Waals surface area contributed by atoms with E-state index in [2.05, 4.69) is 12.0 Å². The third-order valence-electron chi connectivity index (χ3n) is 2.77. The van der Waals surface area contributed by atoms with E-state index in [1.807, 2.05) is 29.2 Å². The van der Waals surface area contributed by atoms with Gasteiger partial charge in [0.05, 0.1) is 11.2 Å². The quantitative estimate of drug-likeness (QED) is 0.785. The smallest absolute Gasteiger partial charge is 0.161 e. The van der Waals surface area contributed by atoms with Gasteiger partial charge in [0, 0.05) is 23.9 Å². The minimum Gasteiger partial charge on any atom is -0.294 e. The summed E-state index contributed by atoms with van der Waals surface area (Å²) in [5.74, 6) is -0.0202. The molecule has 1 aromatic carbocycles. The van der Waals surface area contributed by atoms with Crippen molar-refractivity contribution in [3.05, 3.63) is 41.2 Å². The molecule has 0 spiro atoms. The Bertz CT molecular complexity index is 575. The Balaban J connectivity index is 2.33. The molecule has 0 aliphatic rings. The summed E-state index contributed by atoms with van der Waals surface area (Å²) in [6.45, 7) is 4.53. The lowest BCUT2D eigenvalue weighted by atomic mass is 10.1. The van der Waals surface area contributed by atoms with Crippen molar-refractivity contribution < 1.29 is 4.79 Å². The Morgan fingerprint density at radius 1 is 1.39 bits per heavy atom. The molecule has 0 fully saturated rings. The van der Waals surface area contributed by atoms with Gasteiger partial charge in [0.2, 0.25) is 0 Å². The molecule has 18 heavy (non-hydrogen) atoms. The van der Waals surface area contributed by atoms with E-state index in [1.54, 1.807) is 6.07 Å². The molecule has 0 N–H and O–H groups in total. The Morgan fingerprint density at radius 2 is 2.17 bits per heavy atom. The molecule has 2 rings (SSSR count). The second-order valence-electron chi connectivity index (χ2n) is 4.24. The molecule has 94 valence electrons. The second kappa shape index (κ2) is 5.36. The third kappa shape index (κ3) is 2.62. The maximum absolute atomic E-state index is 11.3. The largest absolute Gasteiger partial charge is 0.294 e. The zero-order chi connectivity index (χ0) is 13.1. The van der Waals surface area contributed by atoms with Crippen LogP contribution in [0.1, 0.15) is 30.6 Å². The van der Waals surface area contributed by atoms with Crippen molar-refractivity contribution >= 4 is 17.4 Å². The number of hydrogen-bond acceptors (Lipinski definition) is 2. The van der Waals surface area contributed by atoms with Crippen LogP contribution in [0.2, 0.25) is 5.02 Å². The van der Waals surface area contributed by atoms with Crippen molar-refractivity contribution in [1.82, 2.24) is 9.78 Å². The highest BCUT2D eigenvalue weighted by Crippen LogP contribution is 2.25. The predicted octanol–water partition coefficient (Wildman–Crippen LogP) is 3.82. The van der Waals surface area contributed by atoms with Crippen LogP contribution in [0, 0.1) is 0 Å². The summed E-state index contributed by atoms with van der Waals surface area (Å²) < 4.78 is 1.90. The Kier molecular flexibility index (Phi) is 3.82. The lowest BCUT2D eigenvalue weighted by Gasteiger charge is -2.03. The topological polar surface area (TPSA) is 34.9 Å². The predicted molar refractivity (Wildman–Crippen MR) is 73.0 cm³/mol. The highest BCUT2D eigenvalue weighted by Gasteiger charge is 2.08. The van der Waals surface area contributed by atoms with E-state index in [9.17, 15) is 4.79 Å². The second-order valence-corrected chi connectivity index (χ2v) is 4.65. The minimum absolute atomic E-state index is 0.0202. The van der Waals surface area contributed by atoms with Crippen LogP contribution >= 0.6 is 11.6 Å². The number of carbonyl (C=O) groups excluding carboxylic acids is 1. The Hall–Kier alpha value is -1.61. The molecule has 0 unspecified atom stereocenters. The summed E-state index contributed by atoms with van der Waals surface area (Å²) >= 11 is 6.09. The summed E-state index contributed by atoms with van der Waals surface area (Å²) in [5.41, 5.74) is 2.55. The Morgan fingerprint density at radius 3 is 2.78 bits per heavy atom. The van der Waals surface area contributed by atoms with Crippen molar-refractivity contribution in [2.24, 2.45) is 0 Å². The van der Waals surface area contributed by atoms with Crippen LogP contribution in [0.15, 0.2) is 30.6 Å². The lowest BCUT2D eigenvalue weighted by molar-refractivity contribution is 0.101. The maximum atomic E-state index is 11.3. The molecule has 0 amide bonds. The van der Waals surface area contributed by atoms with Crippen molar-refractivity contribution in [3.8, 4) is 11.1 Å². The van der Waals surface area contributed by atoms with Gasteiger partial charge in [-0.25, -0.2) is 0 Å². The summed E-state index contributed by atoms with van der Waals surface area (Å²) in [6, 6.07) is 5.47. The van der Waals surface area contributed by atoms with Crippen LogP contribution in [0.25, 0.3) is 11.1 Å². The molecule has 0 aliphatic heterocycles. The molecule has 0 aliphatic carbocycles. The molecule has 4 heteroatoms. The van der Waals surface area contributed by atoms with E-state index >= 15 is 0 Å². The molecule has 0 bridgehead atoms. The fourth-order valence-corrected chi connectivity index (χ4v) is 2.16. The van der Waals surface area contributed by atoms with E-state index in [0.29, 0.717) is 10.6 Å². The molecule has 0 saturated heterocycles. The number of ketones is 1. The van der Waals surface area contributed by atoms with Crippen LogP contribution in [0.5, 0.6) is 0 Å². The van der Waals surface area contributed by atoms with Gasteiger partial charge in [-0.15, -0.1) is 0 Å². The highest BCUT2D eigenvalue weighted by atomic mass is 35.5. The van der Waals surface area contributed by atoms with Crippen molar-refractivity contribution in [2.75, 3.05) is 0 Å². The van der Waals surface area contributed by atoms with Crippen LogP contribution in [0.4, 0.5) is 0 Å². The molecule has 1 heterocycles. The monoisotopic (exact) mass is 262 g/mol. The highest BCUT2D eigenvalue weighted by molar-refractivity contribution is 6.34. The number of halogens is 1. The average molecular weight is 263 g/mol. The summed E-state index contributed by atoms with van der Waals surface area (Å²) in [4.78, 5) is 11.3. The SMILES string of the molecule is CCCn1cc(-c2ccc(C(C)=O)c(Cl)c2)cn1. The number of rotatable bonds is 4. The zero-order valence-corrected chi connectivity index (χ0v) is 11.2. The van der Waals surface area contributed by atoms with E-state index in [4.69, 9.17) is 11.6 Å². The van der Waals surface area contributed by atoms with Gasteiger partial charge in [-0.3, -0.25) is 9.48 Å². The fraction of sp³-hybridized carbons (Fsp3) is 0.286. The van der Waals surface area contributed by atoms with Gasteiger partial charge < -0.3 is 0 Å². The summed E-state index contributed by atoms with van der Waals surface area (Å²) in [7, 11) is 0. The van der Waals surface area contributed by atoms with Crippen LogP contribution in [-0.4, -0.2) is 15.6 Å². The normalized spacial score (nSPS) is 10.6. The van der Waals surface area contributed by atoms with Gasteiger partial charge in [-0.2, -0.15) is 5.10 Å². The first kappa shape index (κ1) is 12.8. The van der Waals surface area contributed by atoms with E-state index in [1.165, 1.54) is 6.92 Å². The number of benzene rings is 1. The van der Waals surface area contributed by atoms with E-state index < -0.39 is 0 Å². The first-order valence-corrected chi connectivity index (χ1v) is 6.33. The molecule has 0 atom stereocenters. The number of nitrogens with zero attached hydrogens (tertiary/aromatic N) is 2. The average Bonchev–Trinajstić information content (AvgIpc) is 2.77. The molecule has 3 nitrogen and oxygen atoms in total. The standard InChI is InChI=1S/C14H15ClN2O/c1-3-6-17-9-12(8-16-17)11-4-5-13(10(2)18)14(15)7-11/h4-5,7-9H,3,6H2,1-2H3. The van der Waals surface area contributed by atoms with Crippen molar-refractivity contribution in [2.45, 2.75) is 26.8 Å². The summed E-state index contributed by atoms with van der Waals surface area (Å²) in [6.07, 6.45) is 4.85. The summed E-state index contributed by atoms with van der Waals surface area (Å²) in [5, 5.41) is 4.77. The molecule has 0 saturated carbocycles. The van der Waals surface area contributed by atoms with Crippen LogP contribution < -0.4 is 0 Å². The third-order valence-corrected chi connectivity index (χ3v) is 3.08. The van der Waals surface area contributed by atoms with Gasteiger partial charge in [-0.05, 0) is 31.0 Å². The number of aryl methyl sites for hydroxylation is 1. The molecule has 1 aromatic heterocycles. The van der Waals surface area contributed by atoms with E-state index in [-0.39, 0.29) is 5.78 Å².